The number of benzene rings is 1. The van der Waals surface area contributed by atoms with Crippen LogP contribution >= 0.6 is 0 Å². The molecule has 0 atom stereocenters. The van der Waals surface area contributed by atoms with Crippen molar-refractivity contribution >= 4 is 0 Å². The molecule has 1 aromatic carbocycles. The third-order valence-corrected chi connectivity index (χ3v) is 2.24. The van der Waals surface area contributed by atoms with Crippen molar-refractivity contribution in [3.63, 3.8) is 0 Å². The number of aromatic nitrogens is 2. The second kappa shape index (κ2) is 5.96. The van der Waals surface area contributed by atoms with Crippen LogP contribution in [0.15, 0.2) is 42.9 Å². The van der Waals surface area contributed by atoms with Crippen LogP contribution in [0, 0.1) is 0 Å². The van der Waals surface area contributed by atoms with E-state index in [0.717, 1.165) is 18.8 Å². The van der Waals surface area contributed by atoms with Crippen molar-refractivity contribution in [2.24, 2.45) is 0 Å². The minimum absolute atomic E-state index is 0.508. The van der Waals surface area contributed by atoms with E-state index in [0.29, 0.717) is 5.88 Å². The highest BCUT2D eigenvalue weighted by atomic mass is 16.5. The summed E-state index contributed by atoms with van der Waals surface area (Å²) in [4.78, 5) is 8.02. The molecule has 2 aromatic rings. The predicted molar refractivity (Wildman–Crippen MR) is 65.9 cm³/mol. The average molecular weight is 229 g/mol. The molecule has 0 amide bonds. The van der Waals surface area contributed by atoms with Gasteiger partial charge in [0.15, 0.2) is 0 Å². The van der Waals surface area contributed by atoms with Crippen LogP contribution in [-0.4, -0.2) is 16.5 Å². The lowest BCUT2D eigenvalue weighted by molar-refractivity contribution is 0.459. The summed E-state index contributed by atoms with van der Waals surface area (Å²) in [5.74, 6) is 1.29. The van der Waals surface area contributed by atoms with E-state index in [9.17, 15) is 0 Å². The van der Waals surface area contributed by atoms with Crippen LogP contribution in [0.25, 0.3) is 0 Å². The number of rotatable bonds is 5. The molecule has 2 rings (SSSR count). The Bertz CT molecular complexity index is 459. The molecule has 0 saturated heterocycles. The highest BCUT2D eigenvalue weighted by molar-refractivity contribution is 5.30. The summed E-state index contributed by atoms with van der Waals surface area (Å²) in [6.07, 6.45) is 4.82. The van der Waals surface area contributed by atoms with Crippen molar-refractivity contribution < 1.29 is 4.74 Å². The molecule has 0 fully saturated rings. The Morgan fingerprint density at radius 2 is 2.24 bits per heavy atom. The fourth-order valence-corrected chi connectivity index (χ4v) is 1.45. The quantitative estimate of drug-likeness (QED) is 0.855. The lowest BCUT2D eigenvalue weighted by Crippen LogP contribution is -2.11. The summed E-state index contributed by atoms with van der Waals surface area (Å²) in [6, 6.07) is 7.94. The molecule has 0 radical (unpaired) electrons. The maximum atomic E-state index is 5.60. The molecule has 0 unspecified atom stereocenters. The molecule has 0 aliphatic carbocycles. The van der Waals surface area contributed by atoms with Crippen LogP contribution in [-0.2, 0) is 6.54 Å². The van der Waals surface area contributed by atoms with Crippen LogP contribution in [0.4, 0.5) is 0 Å². The summed E-state index contributed by atoms with van der Waals surface area (Å²) in [7, 11) is 0. The lowest BCUT2D eigenvalue weighted by atomic mass is 10.2. The van der Waals surface area contributed by atoms with Gasteiger partial charge < -0.3 is 10.1 Å². The number of hydrogen-bond donors (Lipinski definition) is 1. The van der Waals surface area contributed by atoms with Gasteiger partial charge in [0.05, 0.1) is 6.20 Å². The van der Waals surface area contributed by atoms with E-state index in [4.69, 9.17) is 4.74 Å². The van der Waals surface area contributed by atoms with Crippen LogP contribution in [0.2, 0.25) is 0 Å². The van der Waals surface area contributed by atoms with Crippen molar-refractivity contribution in [2.45, 2.75) is 13.5 Å². The van der Waals surface area contributed by atoms with Crippen LogP contribution in [0.1, 0.15) is 12.5 Å². The zero-order valence-corrected chi connectivity index (χ0v) is 9.76. The molecule has 4 heteroatoms. The second-order valence-electron chi connectivity index (χ2n) is 3.57. The predicted octanol–water partition coefficient (Wildman–Crippen LogP) is 2.38. The van der Waals surface area contributed by atoms with Gasteiger partial charge in [0.2, 0.25) is 5.88 Å². The Kier molecular flexibility index (Phi) is 4.05. The number of ether oxygens (including phenoxy) is 1. The number of hydrogen-bond acceptors (Lipinski definition) is 4. The van der Waals surface area contributed by atoms with Crippen molar-refractivity contribution in [2.75, 3.05) is 6.54 Å². The zero-order chi connectivity index (χ0) is 11.9. The fourth-order valence-electron chi connectivity index (χ4n) is 1.45. The van der Waals surface area contributed by atoms with Gasteiger partial charge in [0.25, 0.3) is 0 Å². The highest BCUT2D eigenvalue weighted by Crippen LogP contribution is 2.19. The average Bonchev–Trinajstić information content (AvgIpc) is 2.38. The summed E-state index contributed by atoms with van der Waals surface area (Å²) in [6.45, 7) is 3.88. The number of nitrogens with zero attached hydrogens (tertiary/aromatic N) is 2. The molecular formula is C13H15N3O. The first-order valence-corrected chi connectivity index (χ1v) is 5.62. The molecular weight excluding hydrogens is 214 g/mol. The van der Waals surface area contributed by atoms with Crippen molar-refractivity contribution in [1.29, 1.82) is 0 Å². The van der Waals surface area contributed by atoms with Crippen LogP contribution in [0.5, 0.6) is 11.6 Å². The summed E-state index contributed by atoms with van der Waals surface area (Å²) in [5.41, 5.74) is 1.19. The van der Waals surface area contributed by atoms with Crippen LogP contribution in [0.3, 0.4) is 0 Å². The Morgan fingerprint density at radius 3 is 3.00 bits per heavy atom. The van der Waals surface area contributed by atoms with Gasteiger partial charge in [-0.05, 0) is 24.2 Å². The third-order valence-electron chi connectivity index (χ3n) is 2.24. The molecule has 17 heavy (non-hydrogen) atoms. The van der Waals surface area contributed by atoms with E-state index in [2.05, 4.69) is 28.3 Å². The van der Waals surface area contributed by atoms with E-state index in [1.165, 1.54) is 5.56 Å². The molecule has 0 saturated carbocycles. The van der Waals surface area contributed by atoms with Crippen molar-refractivity contribution in [3.05, 3.63) is 48.4 Å². The maximum Gasteiger partial charge on any atom is 0.237 e. The zero-order valence-electron chi connectivity index (χ0n) is 9.76. The van der Waals surface area contributed by atoms with Gasteiger partial charge in [-0.15, -0.1) is 0 Å². The monoisotopic (exact) mass is 229 g/mol. The van der Waals surface area contributed by atoms with Crippen molar-refractivity contribution in [3.8, 4) is 11.6 Å². The fraction of sp³-hybridized carbons (Fsp3) is 0.231. The minimum atomic E-state index is 0.508. The summed E-state index contributed by atoms with van der Waals surface area (Å²) in [5, 5.41) is 3.27. The first-order chi connectivity index (χ1) is 8.38. The van der Waals surface area contributed by atoms with E-state index >= 15 is 0 Å². The van der Waals surface area contributed by atoms with Gasteiger partial charge in [-0.25, -0.2) is 4.98 Å². The normalized spacial score (nSPS) is 10.2. The lowest BCUT2D eigenvalue weighted by Gasteiger charge is -2.06. The molecule has 1 heterocycles. The van der Waals surface area contributed by atoms with E-state index in [1.54, 1.807) is 18.6 Å². The first-order valence-electron chi connectivity index (χ1n) is 5.62. The Balaban J connectivity index is 2.06. The standard InChI is InChI=1S/C13H15N3O/c1-2-14-9-11-4-3-5-12(8-11)17-13-10-15-6-7-16-13/h3-8,10,14H,2,9H2,1H3. The molecule has 88 valence electrons. The largest absolute Gasteiger partial charge is 0.437 e. The van der Waals surface area contributed by atoms with E-state index in [-0.39, 0.29) is 0 Å². The molecule has 1 N–H and O–H groups in total. The second-order valence-corrected chi connectivity index (χ2v) is 3.57. The summed E-state index contributed by atoms with van der Waals surface area (Å²) < 4.78 is 5.60. The van der Waals surface area contributed by atoms with Gasteiger partial charge in [0.1, 0.15) is 5.75 Å². The van der Waals surface area contributed by atoms with E-state index in [1.807, 2.05) is 18.2 Å². The number of nitrogens with one attached hydrogen (secondary N) is 1. The van der Waals surface area contributed by atoms with Crippen molar-refractivity contribution in [1.82, 2.24) is 15.3 Å². The van der Waals surface area contributed by atoms with Gasteiger partial charge in [-0.2, -0.15) is 0 Å². The van der Waals surface area contributed by atoms with Crippen LogP contribution < -0.4 is 10.1 Å². The smallest absolute Gasteiger partial charge is 0.237 e. The Labute approximate surface area is 101 Å². The Hall–Kier alpha value is -1.94. The summed E-state index contributed by atoms with van der Waals surface area (Å²) >= 11 is 0. The van der Waals surface area contributed by atoms with Gasteiger partial charge in [-0.3, -0.25) is 4.98 Å². The molecule has 4 nitrogen and oxygen atoms in total. The van der Waals surface area contributed by atoms with Gasteiger partial charge in [-0.1, -0.05) is 19.1 Å². The highest BCUT2D eigenvalue weighted by Gasteiger charge is 1.99. The van der Waals surface area contributed by atoms with Gasteiger partial charge in [0, 0.05) is 18.9 Å². The first kappa shape index (κ1) is 11.5. The molecule has 0 spiro atoms. The minimum Gasteiger partial charge on any atom is -0.437 e. The third kappa shape index (κ3) is 3.53. The molecule has 0 aliphatic rings. The molecule has 0 aliphatic heterocycles. The molecule has 0 bridgehead atoms. The van der Waals surface area contributed by atoms with E-state index < -0.39 is 0 Å². The Morgan fingerprint density at radius 1 is 1.29 bits per heavy atom. The topological polar surface area (TPSA) is 47.0 Å². The van der Waals surface area contributed by atoms with Gasteiger partial charge >= 0.3 is 0 Å². The SMILES string of the molecule is CCNCc1cccc(Oc2cnccn2)c1. The maximum absolute atomic E-state index is 5.60. The molecule has 1 aromatic heterocycles.